The van der Waals surface area contributed by atoms with Gasteiger partial charge >= 0.3 is 0 Å². The highest BCUT2D eigenvalue weighted by Gasteiger charge is 2.21. The van der Waals surface area contributed by atoms with E-state index >= 15 is 0 Å². The SMILES string of the molecule is C[C@@](N)(CCO)c1cc(F)cc(Cl)c1. The van der Waals surface area contributed by atoms with Gasteiger partial charge in [0.15, 0.2) is 0 Å². The molecular weight excluding hydrogens is 205 g/mol. The van der Waals surface area contributed by atoms with Crippen LogP contribution in [0.3, 0.4) is 0 Å². The third-order valence-corrected chi connectivity index (χ3v) is 2.37. The Bertz CT molecular complexity index is 308. The van der Waals surface area contributed by atoms with E-state index in [1.54, 1.807) is 13.0 Å². The molecule has 0 aromatic heterocycles. The summed E-state index contributed by atoms with van der Waals surface area (Å²) in [5, 5.41) is 9.11. The zero-order valence-electron chi connectivity index (χ0n) is 7.93. The second-order valence-corrected chi connectivity index (χ2v) is 3.99. The Morgan fingerprint density at radius 3 is 2.64 bits per heavy atom. The molecule has 78 valence electrons. The quantitative estimate of drug-likeness (QED) is 0.814. The first kappa shape index (κ1) is 11.4. The van der Waals surface area contributed by atoms with Gasteiger partial charge in [-0.05, 0) is 37.1 Å². The van der Waals surface area contributed by atoms with Crippen LogP contribution < -0.4 is 5.73 Å². The van der Waals surface area contributed by atoms with Gasteiger partial charge in [0, 0.05) is 17.2 Å². The molecule has 1 atom stereocenters. The van der Waals surface area contributed by atoms with Crippen LogP contribution in [-0.2, 0) is 5.54 Å². The molecule has 0 saturated carbocycles. The van der Waals surface area contributed by atoms with Crippen molar-refractivity contribution in [3.8, 4) is 0 Å². The lowest BCUT2D eigenvalue weighted by Crippen LogP contribution is -2.34. The molecule has 0 fully saturated rings. The van der Waals surface area contributed by atoms with Crippen LogP contribution >= 0.6 is 11.6 Å². The summed E-state index contributed by atoms with van der Waals surface area (Å²) in [6.07, 6.45) is 0.368. The summed E-state index contributed by atoms with van der Waals surface area (Å²) in [5.74, 6) is -0.415. The van der Waals surface area contributed by atoms with Crippen LogP contribution in [0.2, 0.25) is 5.02 Å². The fraction of sp³-hybridized carbons (Fsp3) is 0.400. The highest BCUT2D eigenvalue weighted by Crippen LogP contribution is 2.25. The Morgan fingerprint density at radius 1 is 1.50 bits per heavy atom. The van der Waals surface area contributed by atoms with Crippen LogP contribution in [0.5, 0.6) is 0 Å². The molecule has 1 aromatic carbocycles. The normalized spacial score (nSPS) is 15.2. The molecule has 0 bridgehead atoms. The first-order valence-electron chi connectivity index (χ1n) is 4.32. The number of hydrogen-bond donors (Lipinski definition) is 2. The van der Waals surface area contributed by atoms with E-state index in [1.165, 1.54) is 12.1 Å². The minimum Gasteiger partial charge on any atom is -0.396 e. The minimum absolute atomic E-state index is 0.0405. The van der Waals surface area contributed by atoms with Crippen LogP contribution in [0, 0.1) is 5.82 Å². The Kier molecular flexibility index (Phi) is 3.48. The standard InChI is InChI=1S/C10H13ClFNO/c1-10(13,2-3-14)7-4-8(11)6-9(12)5-7/h4-6,14H,2-3,13H2,1H3/t10-/m1/s1. The molecule has 0 saturated heterocycles. The zero-order chi connectivity index (χ0) is 10.8. The number of benzene rings is 1. The third kappa shape index (κ3) is 2.67. The molecule has 0 radical (unpaired) electrons. The van der Waals surface area contributed by atoms with Crippen molar-refractivity contribution in [2.24, 2.45) is 5.73 Å². The average molecular weight is 218 g/mol. The number of aliphatic hydroxyl groups excluding tert-OH is 1. The molecule has 0 amide bonds. The molecule has 3 N–H and O–H groups in total. The van der Waals surface area contributed by atoms with Crippen LogP contribution in [0.1, 0.15) is 18.9 Å². The largest absolute Gasteiger partial charge is 0.396 e. The summed E-state index contributed by atoms with van der Waals surface area (Å²) in [4.78, 5) is 0. The van der Waals surface area contributed by atoms with Crippen molar-refractivity contribution in [3.63, 3.8) is 0 Å². The van der Waals surface area contributed by atoms with Crippen LogP contribution in [0.4, 0.5) is 4.39 Å². The lowest BCUT2D eigenvalue weighted by atomic mass is 9.90. The highest BCUT2D eigenvalue weighted by molar-refractivity contribution is 6.30. The number of aliphatic hydroxyl groups is 1. The van der Waals surface area contributed by atoms with Crippen molar-refractivity contribution >= 4 is 11.6 Å². The van der Waals surface area contributed by atoms with E-state index in [0.29, 0.717) is 17.0 Å². The first-order chi connectivity index (χ1) is 6.45. The van der Waals surface area contributed by atoms with Gasteiger partial charge in [-0.15, -0.1) is 0 Å². The Hall–Kier alpha value is -0.640. The van der Waals surface area contributed by atoms with Crippen molar-refractivity contribution in [1.82, 2.24) is 0 Å². The van der Waals surface area contributed by atoms with Gasteiger partial charge in [0.05, 0.1) is 0 Å². The summed E-state index contributed by atoms with van der Waals surface area (Å²) < 4.78 is 13.0. The maximum absolute atomic E-state index is 13.0. The van der Waals surface area contributed by atoms with E-state index < -0.39 is 11.4 Å². The molecule has 2 nitrogen and oxygen atoms in total. The summed E-state index contributed by atoms with van der Waals surface area (Å²) in [6, 6.07) is 4.17. The van der Waals surface area contributed by atoms with E-state index in [9.17, 15) is 4.39 Å². The molecule has 4 heteroatoms. The van der Waals surface area contributed by atoms with Gasteiger partial charge in [0.1, 0.15) is 5.82 Å². The van der Waals surface area contributed by atoms with Gasteiger partial charge in [-0.25, -0.2) is 4.39 Å². The zero-order valence-corrected chi connectivity index (χ0v) is 8.68. The van der Waals surface area contributed by atoms with Crippen molar-refractivity contribution in [1.29, 1.82) is 0 Å². The van der Waals surface area contributed by atoms with Gasteiger partial charge in [0.2, 0.25) is 0 Å². The van der Waals surface area contributed by atoms with Crippen LogP contribution in [-0.4, -0.2) is 11.7 Å². The van der Waals surface area contributed by atoms with Crippen LogP contribution in [0.25, 0.3) is 0 Å². The van der Waals surface area contributed by atoms with Crippen molar-refractivity contribution in [2.45, 2.75) is 18.9 Å². The maximum atomic E-state index is 13.0. The molecule has 0 spiro atoms. The second kappa shape index (κ2) is 4.26. The lowest BCUT2D eigenvalue weighted by molar-refractivity contribution is 0.247. The lowest BCUT2D eigenvalue weighted by Gasteiger charge is -2.24. The molecule has 0 heterocycles. The Balaban J connectivity index is 3.05. The summed E-state index contributed by atoms with van der Waals surface area (Å²) >= 11 is 5.70. The van der Waals surface area contributed by atoms with Crippen molar-refractivity contribution in [2.75, 3.05) is 6.61 Å². The fourth-order valence-electron chi connectivity index (χ4n) is 1.26. The fourth-order valence-corrected chi connectivity index (χ4v) is 1.48. The summed E-state index contributed by atoms with van der Waals surface area (Å²) in [5.41, 5.74) is 5.75. The van der Waals surface area contributed by atoms with E-state index in [1.807, 2.05) is 0 Å². The number of halogens is 2. The smallest absolute Gasteiger partial charge is 0.125 e. The highest BCUT2D eigenvalue weighted by atomic mass is 35.5. The molecule has 0 aliphatic carbocycles. The first-order valence-corrected chi connectivity index (χ1v) is 4.70. The van der Waals surface area contributed by atoms with E-state index in [4.69, 9.17) is 22.4 Å². The molecule has 1 rings (SSSR count). The Morgan fingerprint density at radius 2 is 2.14 bits per heavy atom. The molecule has 1 aromatic rings. The molecule has 14 heavy (non-hydrogen) atoms. The van der Waals surface area contributed by atoms with Gasteiger partial charge in [-0.1, -0.05) is 11.6 Å². The maximum Gasteiger partial charge on any atom is 0.125 e. The third-order valence-electron chi connectivity index (χ3n) is 2.15. The van der Waals surface area contributed by atoms with Crippen molar-refractivity contribution < 1.29 is 9.50 Å². The number of rotatable bonds is 3. The Labute approximate surface area is 87.5 Å². The number of hydrogen-bond acceptors (Lipinski definition) is 2. The van der Waals surface area contributed by atoms with E-state index in [-0.39, 0.29) is 6.61 Å². The summed E-state index contributed by atoms with van der Waals surface area (Å²) in [7, 11) is 0. The van der Waals surface area contributed by atoms with Gasteiger partial charge in [-0.3, -0.25) is 0 Å². The summed E-state index contributed by atoms with van der Waals surface area (Å²) in [6.45, 7) is 1.69. The van der Waals surface area contributed by atoms with Gasteiger partial charge in [0.25, 0.3) is 0 Å². The van der Waals surface area contributed by atoms with Crippen molar-refractivity contribution in [3.05, 3.63) is 34.6 Å². The van der Waals surface area contributed by atoms with Gasteiger partial charge < -0.3 is 10.8 Å². The van der Waals surface area contributed by atoms with Crippen LogP contribution in [0.15, 0.2) is 18.2 Å². The predicted molar refractivity (Wildman–Crippen MR) is 54.7 cm³/mol. The minimum atomic E-state index is -0.750. The molecule has 0 unspecified atom stereocenters. The average Bonchev–Trinajstić information content (AvgIpc) is 2.02. The molecule has 0 aliphatic heterocycles. The number of nitrogens with two attached hydrogens (primary N) is 1. The second-order valence-electron chi connectivity index (χ2n) is 3.55. The topological polar surface area (TPSA) is 46.2 Å². The monoisotopic (exact) mass is 217 g/mol. The van der Waals surface area contributed by atoms with E-state index in [0.717, 1.165) is 0 Å². The molecular formula is C10H13ClFNO. The predicted octanol–water partition coefficient (Wildman–Crippen LogP) is 2.04. The molecule has 0 aliphatic rings. The van der Waals surface area contributed by atoms with E-state index in [2.05, 4.69) is 0 Å². The van der Waals surface area contributed by atoms with Gasteiger partial charge in [-0.2, -0.15) is 0 Å².